The van der Waals surface area contributed by atoms with E-state index in [9.17, 15) is 31.2 Å². The second kappa shape index (κ2) is 11.5. The summed E-state index contributed by atoms with van der Waals surface area (Å²) in [4.78, 5) is 40.1. The number of hydrogen-bond acceptors (Lipinski definition) is 8. The van der Waals surface area contributed by atoms with Gasteiger partial charge >= 0.3 is 6.18 Å². The minimum Gasteiger partial charge on any atom is -0.356 e. The van der Waals surface area contributed by atoms with Crippen molar-refractivity contribution in [3.05, 3.63) is 36.8 Å². The first-order valence-electron chi connectivity index (χ1n) is 13.8. The van der Waals surface area contributed by atoms with Crippen LogP contribution in [0.1, 0.15) is 53.4 Å². The number of halogens is 3. The van der Waals surface area contributed by atoms with Crippen LogP contribution in [0.3, 0.4) is 0 Å². The molecule has 234 valence electrons. The van der Waals surface area contributed by atoms with Gasteiger partial charge in [0, 0.05) is 36.0 Å². The van der Waals surface area contributed by atoms with Gasteiger partial charge in [-0.25, -0.2) is 15.0 Å². The van der Waals surface area contributed by atoms with Crippen molar-refractivity contribution < 1.29 is 35.7 Å². The number of carbonyl (C=O) groups excluding carboxylic acids is 2. The van der Waals surface area contributed by atoms with Gasteiger partial charge in [0.05, 0.1) is 11.2 Å². The summed E-state index contributed by atoms with van der Waals surface area (Å²) in [5, 5.41) is 5.69. The van der Waals surface area contributed by atoms with E-state index >= 15 is 0 Å². The highest BCUT2D eigenvalue weighted by Crippen LogP contribution is 2.64. The Kier molecular flexibility index (Phi) is 8.64. The molecule has 2 bridgehead atoms. The van der Waals surface area contributed by atoms with E-state index in [1.54, 1.807) is 31.5 Å². The highest BCUT2D eigenvalue weighted by Gasteiger charge is 2.65. The molecule has 2 aliphatic carbocycles. The molecule has 2 aliphatic rings. The zero-order chi connectivity index (χ0) is 31.8. The fourth-order valence-electron chi connectivity index (χ4n) is 6.08. The predicted octanol–water partition coefficient (Wildman–Crippen LogP) is 4.55. The van der Waals surface area contributed by atoms with Crippen molar-refractivity contribution >= 4 is 38.7 Å². The SMILES string of the molecule is CC1(C)C2CCC1(CS(=O)(=O)O)C(=O)C2.CC[C@@](C)(Nc1ccnc(-c2c[nH]c3ncccc23)n1)C(=O)NCC(F)(F)F. The molecule has 0 aromatic carbocycles. The van der Waals surface area contributed by atoms with E-state index < -0.39 is 45.5 Å². The number of alkyl halides is 3. The third kappa shape index (κ3) is 6.66. The Hall–Kier alpha value is -3.59. The van der Waals surface area contributed by atoms with Crippen LogP contribution in [0.5, 0.6) is 0 Å². The molecule has 4 N–H and O–H groups in total. The van der Waals surface area contributed by atoms with Gasteiger partial charge in [-0.3, -0.25) is 14.1 Å². The number of Topliss-reactive ketones (excluding diaryl/α,β-unsaturated/α-hetero) is 1. The van der Waals surface area contributed by atoms with Gasteiger partial charge in [-0.15, -0.1) is 0 Å². The molecule has 43 heavy (non-hydrogen) atoms. The number of carbonyl (C=O) groups is 2. The monoisotopic (exact) mass is 624 g/mol. The minimum atomic E-state index is -4.48. The number of ketones is 1. The molecular formula is C28H35F3N6O5S. The fraction of sp³-hybridized carbons (Fsp3) is 0.536. The second-order valence-corrected chi connectivity index (χ2v) is 13.3. The first-order chi connectivity index (χ1) is 19.9. The highest BCUT2D eigenvalue weighted by atomic mass is 32.2. The number of nitrogens with one attached hydrogen (secondary N) is 3. The van der Waals surface area contributed by atoms with Crippen LogP contribution in [-0.2, 0) is 19.7 Å². The number of anilines is 1. The van der Waals surface area contributed by atoms with Crippen molar-refractivity contribution in [2.24, 2.45) is 16.7 Å². The summed E-state index contributed by atoms with van der Waals surface area (Å²) in [6.45, 7) is 5.73. The number of rotatable bonds is 8. The smallest absolute Gasteiger partial charge is 0.356 e. The van der Waals surface area contributed by atoms with Crippen LogP contribution in [0, 0.1) is 16.7 Å². The zero-order valence-corrected chi connectivity index (χ0v) is 25.1. The van der Waals surface area contributed by atoms with Gasteiger partial charge in [0.25, 0.3) is 10.1 Å². The predicted molar refractivity (Wildman–Crippen MR) is 153 cm³/mol. The summed E-state index contributed by atoms with van der Waals surface area (Å²) in [6.07, 6.45) is 2.66. The normalized spacial score (nSPS) is 22.5. The number of fused-ring (bicyclic) bond motifs is 3. The third-order valence-electron chi connectivity index (χ3n) is 8.98. The quantitative estimate of drug-likeness (QED) is 0.263. The summed E-state index contributed by atoms with van der Waals surface area (Å²) in [5.41, 5.74) is -0.972. The molecule has 0 radical (unpaired) electrons. The third-order valence-corrected chi connectivity index (χ3v) is 9.83. The van der Waals surface area contributed by atoms with Gasteiger partial charge < -0.3 is 15.6 Å². The number of aromatic amines is 1. The molecule has 2 fully saturated rings. The Labute approximate surface area is 247 Å². The van der Waals surface area contributed by atoms with E-state index in [0.717, 1.165) is 17.4 Å². The van der Waals surface area contributed by atoms with Crippen molar-refractivity contribution in [2.75, 3.05) is 17.6 Å². The second-order valence-electron chi connectivity index (χ2n) is 11.9. The summed E-state index contributed by atoms with van der Waals surface area (Å²) in [6, 6.07) is 5.22. The molecule has 15 heteroatoms. The van der Waals surface area contributed by atoms with Crippen LogP contribution < -0.4 is 10.6 Å². The lowest BCUT2D eigenvalue weighted by Gasteiger charge is -2.35. The number of pyridine rings is 1. The Bertz CT molecular complexity index is 1630. The van der Waals surface area contributed by atoms with E-state index in [2.05, 4.69) is 25.3 Å². The highest BCUT2D eigenvalue weighted by molar-refractivity contribution is 7.85. The zero-order valence-electron chi connectivity index (χ0n) is 24.2. The largest absolute Gasteiger partial charge is 0.405 e. The first-order valence-corrected chi connectivity index (χ1v) is 15.4. The number of aromatic nitrogens is 4. The number of amides is 1. The molecule has 2 saturated carbocycles. The Morgan fingerprint density at radius 1 is 1.21 bits per heavy atom. The van der Waals surface area contributed by atoms with Crippen LogP contribution in [0.4, 0.5) is 19.0 Å². The summed E-state index contributed by atoms with van der Waals surface area (Å²) in [7, 11) is -4.08. The standard InChI is InChI=1S/C18H19F3N6O.C10H16O4S/c1-3-17(2,16(28)25-10-18(19,20)21)27-13-6-8-23-15(26-13)12-9-24-14-11(12)5-4-7-22-14;1-9(2)7-3-4-10(9,8(11)5-7)6-15(12,13)14/h4-9H,3,10H2,1-2H3,(H,22,24)(H,25,28)(H,23,26,27);7H,3-6H2,1-2H3,(H,12,13,14)/t17-;/m1./s1. The van der Waals surface area contributed by atoms with E-state index in [0.29, 0.717) is 30.1 Å². The Balaban J connectivity index is 0.000000237. The van der Waals surface area contributed by atoms with Crippen molar-refractivity contribution in [2.45, 2.75) is 65.1 Å². The van der Waals surface area contributed by atoms with Crippen molar-refractivity contribution in [3.8, 4) is 11.4 Å². The molecule has 0 aliphatic heterocycles. The minimum absolute atomic E-state index is 0.0152. The molecule has 11 nitrogen and oxygen atoms in total. The molecule has 0 spiro atoms. The Morgan fingerprint density at radius 3 is 2.51 bits per heavy atom. The average Bonchev–Trinajstić information content (AvgIpc) is 3.51. The first kappa shape index (κ1) is 32.3. The molecule has 2 unspecified atom stereocenters. The van der Waals surface area contributed by atoms with Gasteiger partial charge in [0.15, 0.2) is 5.82 Å². The van der Waals surface area contributed by atoms with Gasteiger partial charge in [0.1, 0.15) is 29.3 Å². The molecule has 3 heterocycles. The maximum atomic E-state index is 12.4. The molecule has 3 aromatic rings. The summed E-state index contributed by atoms with van der Waals surface area (Å²) >= 11 is 0. The van der Waals surface area contributed by atoms with Gasteiger partial charge in [0.2, 0.25) is 5.91 Å². The molecule has 1 amide bonds. The topological polar surface area (TPSA) is 167 Å². The van der Waals surface area contributed by atoms with Crippen LogP contribution in [0.2, 0.25) is 0 Å². The molecule has 3 aromatic heterocycles. The molecule has 5 rings (SSSR count). The fourth-order valence-corrected chi connectivity index (χ4v) is 7.38. The van der Waals surface area contributed by atoms with Crippen LogP contribution in [-0.4, -0.2) is 68.6 Å². The van der Waals surface area contributed by atoms with E-state index in [-0.39, 0.29) is 23.5 Å². The van der Waals surface area contributed by atoms with Gasteiger partial charge in [-0.2, -0.15) is 21.6 Å². The maximum Gasteiger partial charge on any atom is 0.405 e. The van der Waals surface area contributed by atoms with E-state index in [1.165, 1.54) is 13.1 Å². The van der Waals surface area contributed by atoms with Crippen molar-refractivity contribution in [1.82, 2.24) is 25.3 Å². The lowest BCUT2D eigenvalue weighted by molar-refractivity contribution is -0.140. The van der Waals surface area contributed by atoms with E-state index in [4.69, 9.17) is 4.55 Å². The van der Waals surface area contributed by atoms with Crippen LogP contribution in [0.15, 0.2) is 36.8 Å². The molecule has 3 atom stereocenters. The number of nitrogens with zero attached hydrogens (tertiary/aromatic N) is 3. The maximum absolute atomic E-state index is 12.4. The van der Waals surface area contributed by atoms with Crippen molar-refractivity contribution in [1.29, 1.82) is 0 Å². The summed E-state index contributed by atoms with van der Waals surface area (Å²) in [5.74, 6) is -0.132. The van der Waals surface area contributed by atoms with Crippen molar-refractivity contribution in [3.63, 3.8) is 0 Å². The lowest BCUT2D eigenvalue weighted by Crippen LogP contribution is -2.52. The van der Waals surface area contributed by atoms with E-state index in [1.807, 2.05) is 25.2 Å². The number of hydrogen-bond donors (Lipinski definition) is 4. The van der Waals surface area contributed by atoms with Gasteiger partial charge in [-0.1, -0.05) is 20.8 Å². The van der Waals surface area contributed by atoms with Crippen LogP contribution in [0.25, 0.3) is 22.4 Å². The molecule has 0 saturated heterocycles. The number of H-pyrrole nitrogens is 1. The average molecular weight is 625 g/mol. The summed E-state index contributed by atoms with van der Waals surface area (Å²) < 4.78 is 68.2. The molecular weight excluding hydrogens is 589 g/mol. The Morgan fingerprint density at radius 2 is 1.93 bits per heavy atom. The van der Waals surface area contributed by atoms with Gasteiger partial charge in [-0.05, 0) is 55.7 Å². The van der Waals surface area contributed by atoms with Crippen LogP contribution >= 0.6 is 0 Å². The lowest BCUT2D eigenvalue weighted by atomic mass is 9.70.